The summed E-state index contributed by atoms with van der Waals surface area (Å²) < 4.78 is 0. The summed E-state index contributed by atoms with van der Waals surface area (Å²) in [5.41, 5.74) is 0. The molecule has 0 aromatic heterocycles. The molecule has 0 unspecified atom stereocenters. The van der Waals surface area contributed by atoms with Gasteiger partial charge in [0.1, 0.15) is 6.26 Å². The van der Waals surface area contributed by atoms with Crippen LogP contribution in [0.1, 0.15) is 0 Å². The highest BCUT2D eigenvalue weighted by Gasteiger charge is 1.95. The lowest BCUT2D eigenvalue weighted by Crippen LogP contribution is -1.95. The first-order valence-electron chi connectivity index (χ1n) is 2.08. The fourth-order valence-corrected chi connectivity index (χ4v) is 0.308. The molecule has 0 bridgehead atoms. The van der Waals surface area contributed by atoms with Crippen molar-refractivity contribution in [2.75, 3.05) is 0 Å². The molecule has 0 radical (unpaired) electrons. The van der Waals surface area contributed by atoms with Crippen molar-refractivity contribution >= 4 is 11.9 Å². The molecule has 5 nitrogen and oxygen atoms in total. The number of aliphatic imine (C=N–C) groups is 1. The zero-order valence-corrected chi connectivity index (χ0v) is 4.27. The molecular weight excluding hydrogens is 124 g/mol. The van der Waals surface area contributed by atoms with Crippen LogP contribution in [0.15, 0.2) is 22.5 Å². The Morgan fingerprint density at radius 1 is 1.78 bits per heavy atom. The second kappa shape index (κ2) is 2.64. The maximum absolute atomic E-state index is 9.57. The third-order valence-corrected chi connectivity index (χ3v) is 0.607. The molecule has 1 rings (SSSR count). The van der Waals surface area contributed by atoms with Gasteiger partial charge in [0.05, 0.1) is 0 Å². The topological polar surface area (TPSA) is 60.2 Å². The van der Waals surface area contributed by atoms with E-state index in [1.807, 2.05) is 0 Å². The van der Waals surface area contributed by atoms with Crippen LogP contribution in [-0.2, 0) is 14.7 Å². The Hall–Kier alpha value is -1.61. The number of hydrogen-bond donors (Lipinski definition) is 0. The number of carbonyl (C=O) groups excluding carboxylic acids is 1. The van der Waals surface area contributed by atoms with Gasteiger partial charge in [-0.05, 0) is 5.16 Å². The van der Waals surface area contributed by atoms with E-state index in [4.69, 9.17) is 0 Å². The van der Waals surface area contributed by atoms with Crippen molar-refractivity contribution in [3.05, 3.63) is 12.3 Å². The molecule has 1 heterocycles. The Kier molecular flexibility index (Phi) is 1.62. The summed E-state index contributed by atoms with van der Waals surface area (Å²) in [6.07, 6.45) is 3.88. The van der Waals surface area contributed by atoms with Crippen LogP contribution in [0.2, 0.25) is 0 Å². The lowest BCUT2D eigenvalue weighted by atomic mass is 10.6. The number of amidine groups is 1. The number of oxime groups is 1. The van der Waals surface area contributed by atoms with Crippen molar-refractivity contribution in [2.24, 2.45) is 10.1 Å². The van der Waals surface area contributed by atoms with Crippen LogP contribution in [0.3, 0.4) is 0 Å². The summed E-state index contributed by atoms with van der Waals surface area (Å²) in [6, 6.07) is 0. The Labute approximate surface area is 50.2 Å². The largest absolute Gasteiger partial charge is 0.275 e. The Morgan fingerprint density at radius 2 is 2.67 bits per heavy atom. The molecule has 0 atom stereocenters. The summed E-state index contributed by atoms with van der Waals surface area (Å²) in [7, 11) is 0. The average molecular weight is 126 g/mol. The molecule has 0 aliphatic carbocycles. The van der Waals surface area contributed by atoms with Gasteiger partial charge in [-0.1, -0.05) is 0 Å². The summed E-state index contributed by atoms with van der Waals surface area (Å²) >= 11 is 0. The molecule has 1 aliphatic rings. The maximum Gasteiger partial charge on any atom is 0.242 e. The average Bonchev–Trinajstić information content (AvgIpc) is 1.91. The summed E-state index contributed by atoms with van der Waals surface area (Å²) in [5.74, 6) is 0.135. The van der Waals surface area contributed by atoms with Crippen molar-refractivity contribution in [1.82, 2.24) is 0 Å². The molecule has 0 spiro atoms. The van der Waals surface area contributed by atoms with Gasteiger partial charge in [0.15, 0.2) is 0 Å². The first-order valence-corrected chi connectivity index (χ1v) is 2.08. The van der Waals surface area contributed by atoms with Gasteiger partial charge in [-0.2, -0.15) is 4.99 Å². The highest BCUT2D eigenvalue weighted by molar-refractivity contribution is 5.95. The lowest BCUT2D eigenvalue weighted by molar-refractivity contribution is -0.252. The third-order valence-electron chi connectivity index (χ3n) is 0.607. The van der Waals surface area contributed by atoms with Gasteiger partial charge in [-0.15, -0.1) is 4.99 Å². The van der Waals surface area contributed by atoms with Crippen LogP contribution in [-0.4, -0.2) is 11.9 Å². The molecule has 0 aromatic carbocycles. The predicted octanol–water partition coefficient (Wildman–Crippen LogP) is 0.111. The van der Waals surface area contributed by atoms with E-state index in [1.54, 1.807) is 0 Å². The fourth-order valence-electron chi connectivity index (χ4n) is 0.308. The zero-order valence-electron chi connectivity index (χ0n) is 4.27. The molecule has 0 saturated heterocycles. The van der Waals surface area contributed by atoms with Crippen LogP contribution >= 0.6 is 0 Å². The second-order valence-electron chi connectivity index (χ2n) is 1.13. The predicted molar refractivity (Wildman–Crippen MR) is 26.9 cm³/mol. The Bertz CT molecular complexity index is 202. The van der Waals surface area contributed by atoms with E-state index in [1.165, 1.54) is 18.4 Å². The first-order chi connectivity index (χ1) is 4.43. The molecule has 0 fully saturated rings. The molecule has 46 valence electrons. The van der Waals surface area contributed by atoms with Gasteiger partial charge in [-0.25, -0.2) is 4.79 Å². The number of isocyanates is 1. The third kappa shape index (κ3) is 1.40. The smallest absolute Gasteiger partial charge is 0.242 e. The minimum atomic E-state index is 0.135. The van der Waals surface area contributed by atoms with Gasteiger partial charge in [-0.3, -0.25) is 4.89 Å². The molecule has 5 heteroatoms. The minimum Gasteiger partial charge on any atom is -0.275 e. The van der Waals surface area contributed by atoms with Crippen LogP contribution in [0, 0.1) is 0 Å². The van der Waals surface area contributed by atoms with Crippen LogP contribution in [0.4, 0.5) is 0 Å². The number of nitrogens with zero attached hydrogens (tertiary/aromatic N) is 2. The zero-order chi connectivity index (χ0) is 6.53. The van der Waals surface area contributed by atoms with E-state index in [0.717, 1.165) is 0 Å². The summed E-state index contributed by atoms with van der Waals surface area (Å²) in [4.78, 5) is 21.0. The Balaban J connectivity index is 2.69. The molecule has 0 saturated carbocycles. The van der Waals surface area contributed by atoms with Crippen molar-refractivity contribution < 1.29 is 14.7 Å². The van der Waals surface area contributed by atoms with Crippen LogP contribution in [0.25, 0.3) is 0 Å². The molecular formula is C4H2N2O3. The minimum absolute atomic E-state index is 0.135. The number of rotatable bonds is 0. The van der Waals surface area contributed by atoms with Crippen molar-refractivity contribution in [3.8, 4) is 0 Å². The molecule has 0 amide bonds. The first kappa shape index (κ1) is 5.53. The van der Waals surface area contributed by atoms with Crippen molar-refractivity contribution in [2.45, 2.75) is 0 Å². The van der Waals surface area contributed by atoms with Gasteiger partial charge < -0.3 is 0 Å². The van der Waals surface area contributed by atoms with Gasteiger partial charge in [0, 0.05) is 6.08 Å². The molecule has 0 N–H and O–H groups in total. The Morgan fingerprint density at radius 3 is 3.22 bits per heavy atom. The highest BCUT2D eigenvalue weighted by Crippen LogP contribution is 1.94. The van der Waals surface area contributed by atoms with E-state index < -0.39 is 0 Å². The van der Waals surface area contributed by atoms with Crippen molar-refractivity contribution in [1.29, 1.82) is 0 Å². The van der Waals surface area contributed by atoms with E-state index >= 15 is 0 Å². The second-order valence-corrected chi connectivity index (χ2v) is 1.13. The van der Waals surface area contributed by atoms with Gasteiger partial charge in [0.25, 0.3) is 0 Å². The lowest BCUT2D eigenvalue weighted by Gasteiger charge is -1.96. The van der Waals surface area contributed by atoms with Crippen LogP contribution in [0.5, 0.6) is 0 Å². The van der Waals surface area contributed by atoms with E-state index in [2.05, 4.69) is 20.0 Å². The van der Waals surface area contributed by atoms with Gasteiger partial charge in [0.2, 0.25) is 11.9 Å². The fraction of sp³-hybridized carbons (Fsp3) is 0. The standard InChI is InChI=1S/C4H2N2O3/c7-3-5-4-1-2-8-9-6-4/h1-2H. The molecule has 9 heavy (non-hydrogen) atoms. The maximum atomic E-state index is 9.57. The van der Waals surface area contributed by atoms with E-state index in [-0.39, 0.29) is 5.84 Å². The van der Waals surface area contributed by atoms with Crippen molar-refractivity contribution in [3.63, 3.8) is 0 Å². The summed E-state index contributed by atoms with van der Waals surface area (Å²) in [6.45, 7) is 0. The quantitative estimate of drug-likeness (QED) is 0.263. The summed E-state index contributed by atoms with van der Waals surface area (Å²) in [5, 5.41) is 3.20. The van der Waals surface area contributed by atoms with Gasteiger partial charge >= 0.3 is 0 Å². The monoisotopic (exact) mass is 126 g/mol. The normalized spacial score (nSPS) is 14.4. The number of hydrogen-bond acceptors (Lipinski definition) is 5. The molecule has 0 aromatic rings. The van der Waals surface area contributed by atoms with E-state index in [0.29, 0.717) is 0 Å². The molecule has 1 aliphatic heterocycles. The van der Waals surface area contributed by atoms with Crippen LogP contribution < -0.4 is 0 Å². The SMILES string of the molecule is O=C=NC1=NOOC=C1. The highest BCUT2D eigenvalue weighted by atomic mass is 17.3. The van der Waals surface area contributed by atoms with E-state index in [9.17, 15) is 4.79 Å².